The number of aliphatic hydroxyl groups is 1. The average Bonchev–Trinajstić information content (AvgIpc) is 2.39. The van der Waals surface area contributed by atoms with Gasteiger partial charge in [-0.1, -0.05) is 6.07 Å². The molecule has 4 nitrogen and oxygen atoms in total. The summed E-state index contributed by atoms with van der Waals surface area (Å²) in [7, 11) is 3.96. The van der Waals surface area contributed by atoms with E-state index in [-0.39, 0.29) is 0 Å². The van der Waals surface area contributed by atoms with Gasteiger partial charge in [0.2, 0.25) is 5.88 Å². The highest BCUT2D eigenvalue weighted by Crippen LogP contribution is 2.24. The molecule has 0 saturated carbocycles. The molecular weight excluding hydrogens is 240 g/mol. The second-order valence-electron chi connectivity index (χ2n) is 4.60. The Bertz CT molecular complexity index is 536. The number of nitrogens with zero attached hydrogens (tertiary/aromatic N) is 2. The highest BCUT2D eigenvalue weighted by molar-refractivity contribution is 5.50. The van der Waals surface area contributed by atoms with Gasteiger partial charge in [0, 0.05) is 38.1 Å². The van der Waals surface area contributed by atoms with Crippen molar-refractivity contribution >= 4 is 5.69 Å². The molecule has 0 bridgehead atoms. The Morgan fingerprint density at radius 1 is 1.21 bits per heavy atom. The largest absolute Gasteiger partial charge is 0.439 e. The van der Waals surface area contributed by atoms with Crippen molar-refractivity contribution in [3.05, 3.63) is 48.2 Å². The fraction of sp³-hybridized carbons (Fsp3) is 0.267. The van der Waals surface area contributed by atoms with Crippen molar-refractivity contribution < 1.29 is 9.84 Å². The number of ether oxygens (including phenoxy) is 1. The minimum Gasteiger partial charge on any atom is -0.439 e. The van der Waals surface area contributed by atoms with Gasteiger partial charge in [-0.15, -0.1) is 0 Å². The minimum atomic E-state index is -0.515. The topological polar surface area (TPSA) is 45.6 Å². The van der Waals surface area contributed by atoms with Gasteiger partial charge in [0.05, 0.1) is 6.10 Å². The molecule has 1 aromatic carbocycles. The SMILES string of the molecule is CC(O)c1ccc(Oc2cccc(N(C)C)c2)nc1. The number of hydrogen-bond acceptors (Lipinski definition) is 4. The van der Waals surface area contributed by atoms with E-state index in [1.54, 1.807) is 19.2 Å². The summed E-state index contributed by atoms with van der Waals surface area (Å²) in [6.45, 7) is 1.71. The van der Waals surface area contributed by atoms with Gasteiger partial charge in [-0.2, -0.15) is 0 Å². The molecule has 0 aliphatic heterocycles. The number of hydrogen-bond donors (Lipinski definition) is 1. The zero-order valence-corrected chi connectivity index (χ0v) is 11.4. The van der Waals surface area contributed by atoms with Crippen LogP contribution in [0.4, 0.5) is 5.69 Å². The highest BCUT2D eigenvalue weighted by Gasteiger charge is 2.04. The quantitative estimate of drug-likeness (QED) is 0.915. The van der Waals surface area contributed by atoms with Crippen LogP contribution in [0.3, 0.4) is 0 Å². The van der Waals surface area contributed by atoms with Gasteiger partial charge >= 0.3 is 0 Å². The van der Waals surface area contributed by atoms with Crippen molar-refractivity contribution in [2.75, 3.05) is 19.0 Å². The van der Waals surface area contributed by atoms with E-state index >= 15 is 0 Å². The second-order valence-corrected chi connectivity index (χ2v) is 4.60. The predicted octanol–water partition coefficient (Wildman–Crippen LogP) is 2.99. The van der Waals surface area contributed by atoms with E-state index in [1.165, 1.54) is 0 Å². The van der Waals surface area contributed by atoms with Crippen LogP contribution < -0.4 is 9.64 Å². The Hall–Kier alpha value is -2.07. The molecule has 0 amide bonds. The first-order valence-electron chi connectivity index (χ1n) is 6.15. The van der Waals surface area contributed by atoms with Crippen LogP contribution in [-0.2, 0) is 0 Å². The molecule has 1 atom stereocenters. The van der Waals surface area contributed by atoms with E-state index < -0.39 is 6.10 Å². The summed E-state index contributed by atoms with van der Waals surface area (Å²) in [4.78, 5) is 6.18. The Balaban J connectivity index is 2.14. The molecule has 1 heterocycles. The molecular formula is C15H18N2O2. The molecule has 4 heteroatoms. The molecule has 0 spiro atoms. The summed E-state index contributed by atoms with van der Waals surface area (Å²) < 4.78 is 5.68. The molecule has 0 fully saturated rings. The van der Waals surface area contributed by atoms with Crippen LogP contribution in [-0.4, -0.2) is 24.2 Å². The van der Waals surface area contributed by atoms with E-state index in [9.17, 15) is 5.11 Å². The summed E-state index contributed by atoms with van der Waals surface area (Å²) in [6, 6.07) is 11.3. The van der Waals surface area contributed by atoms with Gasteiger partial charge in [0.1, 0.15) is 5.75 Å². The van der Waals surface area contributed by atoms with Gasteiger partial charge in [0.25, 0.3) is 0 Å². The first-order valence-corrected chi connectivity index (χ1v) is 6.15. The summed E-state index contributed by atoms with van der Waals surface area (Å²) in [5.74, 6) is 1.25. The van der Waals surface area contributed by atoms with Gasteiger partial charge in [0.15, 0.2) is 0 Å². The Morgan fingerprint density at radius 3 is 2.58 bits per heavy atom. The van der Waals surface area contributed by atoms with Gasteiger partial charge < -0.3 is 14.7 Å². The summed E-state index contributed by atoms with van der Waals surface area (Å²) >= 11 is 0. The summed E-state index contributed by atoms with van der Waals surface area (Å²) in [5.41, 5.74) is 1.84. The third kappa shape index (κ3) is 3.45. The molecule has 1 N–H and O–H groups in total. The summed E-state index contributed by atoms with van der Waals surface area (Å²) in [5, 5.41) is 9.42. The number of aliphatic hydroxyl groups excluding tert-OH is 1. The fourth-order valence-corrected chi connectivity index (χ4v) is 1.65. The smallest absolute Gasteiger partial charge is 0.219 e. The number of aromatic nitrogens is 1. The van der Waals surface area contributed by atoms with Gasteiger partial charge in [-0.25, -0.2) is 4.98 Å². The lowest BCUT2D eigenvalue weighted by Crippen LogP contribution is -2.08. The van der Waals surface area contributed by atoms with Crippen LogP contribution in [0.1, 0.15) is 18.6 Å². The predicted molar refractivity (Wildman–Crippen MR) is 75.7 cm³/mol. The molecule has 1 aromatic heterocycles. The van der Waals surface area contributed by atoms with Crippen molar-refractivity contribution in [1.82, 2.24) is 4.98 Å². The van der Waals surface area contributed by atoms with Crippen molar-refractivity contribution in [3.63, 3.8) is 0 Å². The van der Waals surface area contributed by atoms with Crippen LogP contribution >= 0.6 is 0 Å². The van der Waals surface area contributed by atoms with E-state index in [0.717, 1.165) is 17.0 Å². The molecule has 0 aliphatic rings. The van der Waals surface area contributed by atoms with Crippen LogP contribution in [0.2, 0.25) is 0 Å². The highest BCUT2D eigenvalue weighted by atomic mass is 16.5. The van der Waals surface area contributed by atoms with Crippen molar-refractivity contribution in [2.45, 2.75) is 13.0 Å². The lowest BCUT2D eigenvalue weighted by atomic mass is 10.2. The maximum atomic E-state index is 9.42. The van der Waals surface area contributed by atoms with Crippen LogP contribution in [0, 0.1) is 0 Å². The molecule has 1 unspecified atom stereocenters. The zero-order valence-electron chi connectivity index (χ0n) is 11.4. The molecule has 0 aliphatic carbocycles. The standard InChI is InChI=1S/C15H18N2O2/c1-11(18)12-7-8-15(16-10-12)19-14-6-4-5-13(9-14)17(2)3/h4-11,18H,1-3H3. The van der Waals surface area contributed by atoms with Gasteiger partial charge in [-0.05, 0) is 30.7 Å². The Labute approximate surface area is 113 Å². The maximum Gasteiger partial charge on any atom is 0.219 e. The zero-order chi connectivity index (χ0) is 13.8. The minimum absolute atomic E-state index is 0.514. The summed E-state index contributed by atoms with van der Waals surface area (Å²) in [6.07, 6.45) is 1.11. The van der Waals surface area contributed by atoms with E-state index in [0.29, 0.717) is 5.88 Å². The molecule has 0 radical (unpaired) electrons. The number of rotatable bonds is 4. The fourth-order valence-electron chi connectivity index (χ4n) is 1.65. The average molecular weight is 258 g/mol. The molecule has 0 saturated heterocycles. The van der Waals surface area contributed by atoms with Crippen molar-refractivity contribution in [3.8, 4) is 11.6 Å². The van der Waals surface area contributed by atoms with E-state index in [4.69, 9.17) is 4.74 Å². The van der Waals surface area contributed by atoms with Crippen LogP contribution in [0.25, 0.3) is 0 Å². The van der Waals surface area contributed by atoms with Crippen LogP contribution in [0.15, 0.2) is 42.6 Å². The lowest BCUT2D eigenvalue weighted by molar-refractivity contribution is 0.198. The second kappa shape index (κ2) is 5.71. The maximum absolute atomic E-state index is 9.42. The normalized spacial score (nSPS) is 12.0. The lowest BCUT2D eigenvalue weighted by Gasteiger charge is -2.13. The Morgan fingerprint density at radius 2 is 2.00 bits per heavy atom. The van der Waals surface area contributed by atoms with Crippen molar-refractivity contribution in [2.24, 2.45) is 0 Å². The van der Waals surface area contributed by atoms with Crippen molar-refractivity contribution in [1.29, 1.82) is 0 Å². The third-order valence-electron chi connectivity index (χ3n) is 2.80. The number of benzene rings is 1. The first-order chi connectivity index (χ1) is 9.06. The van der Waals surface area contributed by atoms with Gasteiger partial charge in [-0.3, -0.25) is 0 Å². The number of anilines is 1. The molecule has 2 rings (SSSR count). The molecule has 19 heavy (non-hydrogen) atoms. The number of pyridine rings is 1. The third-order valence-corrected chi connectivity index (χ3v) is 2.80. The monoisotopic (exact) mass is 258 g/mol. The molecule has 2 aromatic rings. The van der Waals surface area contributed by atoms with E-state index in [2.05, 4.69) is 4.98 Å². The van der Waals surface area contributed by atoms with Crippen LogP contribution in [0.5, 0.6) is 11.6 Å². The first kappa shape index (κ1) is 13.4. The Kier molecular flexibility index (Phi) is 4.02. The van der Waals surface area contributed by atoms with E-state index in [1.807, 2.05) is 49.3 Å². The molecule has 100 valence electrons.